The van der Waals surface area contributed by atoms with Crippen molar-refractivity contribution < 1.29 is 9.53 Å². The van der Waals surface area contributed by atoms with Crippen LogP contribution in [0.2, 0.25) is 0 Å². The molecule has 0 aliphatic carbocycles. The monoisotopic (exact) mass is 485 g/mol. The number of thiophene rings is 1. The van der Waals surface area contributed by atoms with Crippen LogP contribution in [-0.2, 0) is 17.8 Å². The normalized spacial score (nSPS) is 13.8. The second-order valence-corrected chi connectivity index (χ2v) is 10.7. The van der Waals surface area contributed by atoms with Crippen molar-refractivity contribution in [2.75, 3.05) is 25.5 Å². The van der Waals surface area contributed by atoms with Crippen LogP contribution in [0.5, 0.6) is 5.75 Å². The van der Waals surface area contributed by atoms with Crippen LogP contribution in [0.15, 0.2) is 66.7 Å². The number of anilines is 1. The minimum Gasteiger partial charge on any atom is -0.484 e. The fraction of sp³-hybridized carbons (Fsp3) is 0.185. The summed E-state index contributed by atoms with van der Waals surface area (Å²) < 4.78 is 6.99. The zero-order valence-electron chi connectivity index (χ0n) is 18.7. The van der Waals surface area contributed by atoms with Crippen LogP contribution in [0.3, 0.4) is 0 Å². The molecule has 0 saturated heterocycles. The van der Waals surface area contributed by atoms with Crippen LogP contribution in [0.25, 0.3) is 31.6 Å². The number of nitrogens with one attached hydrogen (secondary N) is 1. The number of para-hydroxylation sites is 1. The quantitative estimate of drug-likeness (QED) is 0.323. The second-order valence-electron chi connectivity index (χ2n) is 8.53. The summed E-state index contributed by atoms with van der Waals surface area (Å²) in [7, 11) is 2.13. The summed E-state index contributed by atoms with van der Waals surface area (Å²) in [6.07, 6.45) is 0.955. The Bertz CT molecular complexity index is 1490. The molecular formula is C27H23N3O2S2. The summed E-state index contributed by atoms with van der Waals surface area (Å²) >= 11 is 3.34. The molecule has 0 bridgehead atoms. The number of fused-ring (bicyclic) bond motifs is 3. The number of benzene rings is 3. The van der Waals surface area contributed by atoms with E-state index < -0.39 is 0 Å². The van der Waals surface area contributed by atoms with Gasteiger partial charge in [0.1, 0.15) is 15.8 Å². The molecule has 3 heterocycles. The molecular weight excluding hydrogens is 462 g/mol. The lowest BCUT2D eigenvalue weighted by Gasteiger charge is -2.22. The first-order valence-electron chi connectivity index (χ1n) is 11.2. The molecule has 170 valence electrons. The number of nitrogens with zero attached hydrogens (tertiary/aromatic N) is 2. The van der Waals surface area contributed by atoms with Crippen LogP contribution >= 0.6 is 22.7 Å². The van der Waals surface area contributed by atoms with Crippen LogP contribution in [0.4, 0.5) is 5.00 Å². The predicted molar refractivity (Wildman–Crippen MR) is 141 cm³/mol. The summed E-state index contributed by atoms with van der Waals surface area (Å²) in [4.78, 5) is 21.4. The molecule has 1 aliphatic rings. The molecule has 5 nitrogen and oxygen atoms in total. The number of aromatic nitrogens is 1. The van der Waals surface area contributed by atoms with Gasteiger partial charge in [-0.2, -0.15) is 0 Å². The van der Waals surface area contributed by atoms with E-state index in [4.69, 9.17) is 9.72 Å². The largest absolute Gasteiger partial charge is 0.484 e. The Balaban J connectivity index is 1.27. The van der Waals surface area contributed by atoms with Gasteiger partial charge in [-0.15, -0.1) is 22.7 Å². The highest BCUT2D eigenvalue weighted by Crippen LogP contribution is 2.45. The predicted octanol–water partition coefficient (Wildman–Crippen LogP) is 6.18. The van der Waals surface area contributed by atoms with Gasteiger partial charge in [-0.3, -0.25) is 4.79 Å². The highest BCUT2D eigenvalue weighted by molar-refractivity contribution is 7.22. The summed E-state index contributed by atoms with van der Waals surface area (Å²) in [5.74, 6) is 0.523. The van der Waals surface area contributed by atoms with E-state index in [2.05, 4.69) is 29.4 Å². The van der Waals surface area contributed by atoms with Crippen molar-refractivity contribution in [1.29, 1.82) is 0 Å². The minimum atomic E-state index is -0.164. The van der Waals surface area contributed by atoms with Crippen molar-refractivity contribution in [1.82, 2.24) is 9.88 Å². The number of hydrogen-bond donors (Lipinski definition) is 1. The average molecular weight is 486 g/mol. The number of likely N-dealkylation sites (N-methyl/N-ethyl adjacent to an activating group) is 1. The highest BCUT2D eigenvalue weighted by Gasteiger charge is 2.26. The third-order valence-electron chi connectivity index (χ3n) is 6.10. The Labute approximate surface area is 205 Å². The van der Waals surface area contributed by atoms with Crippen LogP contribution < -0.4 is 10.1 Å². The van der Waals surface area contributed by atoms with Crippen LogP contribution in [0.1, 0.15) is 10.4 Å². The van der Waals surface area contributed by atoms with E-state index in [0.717, 1.165) is 56.1 Å². The first kappa shape index (κ1) is 21.3. The molecule has 6 rings (SSSR count). The SMILES string of the molecule is CN1CCc2c(sc(NC(=O)COc3ccc4ccccc4c3)c2-c2nc3ccccc3s2)C1. The third-order valence-corrected chi connectivity index (χ3v) is 8.29. The Kier molecular flexibility index (Phi) is 5.53. The molecule has 1 amide bonds. The average Bonchev–Trinajstić information content (AvgIpc) is 3.42. The van der Waals surface area contributed by atoms with E-state index in [1.807, 2.05) is 54.6 Å². The van der Waals surface area contributed by atoms with Gasteiger partial charge in [-0.05, 0) is 54.1 Å². The van der Waals surface area contributed by atoms with Gasteiger partial charge in [0, 0.05) is 23.5 Å². The van der Waals surface area contributed by atoms with Gasteiger partial charge < -0.3 is 15.0 Å². The molecule has 0 radical (unpaired) electrons. The van der Waals surface area contributed by atoms with Crippen molar-refractivity contribution in [3.8, 4) is 16.3 Å². The van der Waals surface area contributed by atoms with Gasteiger partial charge in [-0.1, -0.05) is 42.5 Å². The first-order chi connectivity index (χ1) is 16.6. The van der Waals surface area contributed by atoms with E-state index in [9.17, 15) is 4.79 Å². The minimum absolute atomic E-state index is 0.0416. The van der Waals surface area contributed by atoms with Crippen molar-refractivity contribution in [2.24, 2.45) is 0 Å². The molecule has 0 atom stereocenters. The summed E-state index contributed by atoms with van der Waals surface area (Å²) in [5.41, 5.74) is 3.38. The highest BCUT2D eigenvalue weighted by atomic mass is 32.1. The van der Waals surface area contributed by atoms with Gasteiger partial charge in [0.05, 0.1) is 10.2 Å². The van der Waals surface area contributed by atoms with E-state index in [0.29, 0.717) is 5.75 Å². The number of hydrogen-bond acceptors (Lipinski definition) is 6. The van der Waals surface area contributed by atoms with E-state index in [-0.39, 0.29) is 12.5 Å². The Morgan fingerprint density at radius 2 is 1.88 bits per heavy atom. The molecule has 0 saturated carbocycles. The standard InChI is InChI=1S/C27H23N3O2S2/c1-30-13-12-20-23(15-30)34-27(25(20)26-28-21-8-4-5-9-22(21)33-26)29-24(31)16-32-19-11-10-17-6-2-3-7-18(17)14-19/h2-11,14H,12-13,15-16H2,1H3,(H,29,31). The topological polar surface area (TPSA) is 54.5 Å². The Morgan fingerprint density at radius 3 is 2.76 bits per heavy atom. The van der Waals surface area contributed by atoms with E-state index in [1.54, 1.807) is 22.7 Å². The lowest BCUT2D eigenvalue weighted by molar-refractivity contribution is -0.118. The number of thiazole rings is 1. The summed E-state index contributed by atoms with van der Waals surface area (Å²) in [5, 5.41) is 7.21. The third kappa shape index (κ3) is 4.07. The van der Waals surface area contributed by atoms with Crippen molar-refractivity contribution in [2.45, 2.75) is 13.0 Å². The van der Waals surface area contributed by atoms with Gasteiger partial charge in [0.15, 0.2) is 6.61 Å². The maximum atomic E-state index is 12.9. The summed E-state index contributed by atoms with van der Waals surface area (Å²) in [6, 6.07) is 22.2. The zero-order chi connectivity index (χ0) is 23.1. The van der Waals surface area contributed by atoms with Gasteiger partial charge in [0.2, 0.25) is 0 Å². The van der Waals surface area contributed by atoms with E-state index in [1.165, 1.54) is 10.4 Å². The molecule has 0 fully saturated rings. The number of amides is 1. The van der Waals surface area contributed by atoms with Gasteiger partial charge in [0.25, 0.3) is 5.91 Å². The fourth-order valence-corrected chi connectivity index (χ4v) is 6.85. The number of carbonyl (C=O) groups excluding carboxylic acids is 1. The molecule has 3 aromatic carbocycles. The van der Waals surface area contributed by atoms with Crippen molar-refractivity contribution in [3.05, 3.63) is 77.2 Å². The molecule has 34 heavy (non-hydrogen) atoms. The maximum absolute atomic E-state index is 12.9. The Hall–Kier alpha value is -3.26. The lowest BCUT2D eigenvalue weighted by Crippen LogP contribution is -2.25. The molecule has 1 N–H and O–H groups in total. The van der Waals surface area contributed by atoms with Gasteiger partial charge in [-0.25, -0.2) is 4.98 Å². The van der Waals surface area contributed by atoms with E-state index >= 15 is 0 Å². The van der Waals surface area contributed by atoms with Crippen LogP contribution in [0, 0.1) is 0 Å². The fourth-order valence-electron chi connectivity index (χ4n) is 4.39. The van der Waals surface area contributed by atoms with Crippen molar-refractivity contribution >= 4 is 54.6 Å². The molecule has 7 heteroatoms. The lowest BCUT2D eigenvalue weighted by atomic mass is 10.0. The molecule has 0 spiro atoms. The molecule has 1 aliphatic heterocycles. The zero-order valence-corrected chi connectivity index (χ0v) is 20.3. The molecule has 2 aromatic heterocycles. The number of ether oxygens (including phenoxy) is 1. The number of rotatable bonds is 5. The second kappa shape index (κ2) is 8.83. The maximum Gasteiger partial charge on any atom is 0.262 e. The summed E-state index contributed by atoms with van der Waals surface area (Å²) in [6.45, 7) is 1.85. The van der Waals surface area contributed by atoms with Crippen molar-refractivity contribution in [3.63, 3.8) is 0 Å². The smallest absolute Gasteiger partial charge is 0.262 e. The van der Waals surface area contributed by atoms with Crippen LogP contribution in [-0.4, -0.2) is 36.0 Å². The number of carbonyl (C=O) groups is 1. The first-order valence-corrected chi connectivity index (χ1v) is 12.9. The molecule has 0 unspecified atom stereocenters. The Morgan fingerprint density at radius 1 is 1.06 bits per heavy atom. The van der Waals surface area contributed by atoms with Gasteiger partial charge >= 0.3 is 0 Å². The molecule has 5 aromatic rings.